The first-order valence-corrected chi connectivity index (χ1v) is 17.2. The molecule has 0 spiro atoms. The number of hydrogen-bond acceptors (Lipinski definition) is 8. The van der Waals surface area contributed by atoms with Crippen LogP contribution in [0.5, 0.6) is 0 Å². The van der Waals surface area contributed by atoms with Crippen molar-refractivity contribution in [2.75, 3.05) is 32.1 Å². The number of pyridine rings is 1. The Morgan fingerprint density at radius 3 is 2.53 bits per heavy atom. The van der Waals surface area contributed by atoms with E-state index in [4.69, 9.17) is 0 Å². The molecule has 0 radical (unpaired) electrons. The van der Waals surface area contributed by atoms with Crippen LogP contribution in [0.15, 0.2) is 72.4 Å². The van der Waals surface area contributed by atoms with Gasteiger partial charge in [0.1, 0.15) is 5.01 Å². The molecule has 2 aromatic heterocycles. The van der Waals surface area contributed by atoms with Gasteiger partial charge in [-0.15, -0.1) is 11.3 Å². The number of nitrogens with one attached hydrogen (secondary N) is 2. The lowest BCUT2D eigenvalue weighted by Crippen LogP contribution is -2.48. The zero-order valence-corrected chi connectivity index (χ0v) is 28.8. The highest BCUT2D eigenvalue weighted by molar-refractivity contribution is 7.09. The van der Waals surface area contributed by atoms with Crippen LogP contribution in [-0.2, 0) is 13.0 Å². The molecule has 2 aromatic carbocycles. The van der Waals surface area contributed by atoms with Gasteiger partial charge in [-0.25, -0.2) is 4.98 Å². The average Bonchev–Trinajstić information content (AvgIpc) is 3.73. The normalized spacial score (nSPS) is 15.9. The SMILES string of the molecule is Cc1csc(C2CCCN2C(=O)c2cc(C(=O)NC(Cc3ccccc3)C(O)CNCc3cncc(C(C)C)c3)cc(N(C)C)c2)n1. The highest BCUT2D eigenvalue weighted by Gasteiger charge is 2.33. The number of carbonyl (C=O) groups is 2. The minimum absolute atomic E-state index is 0.0667. The molecule has 2 amide bonds. The van der Waals surface area contributed by atoms with Gasteiger partial charge in [0.2, 0.25) is 0 Å². The van der Waals surface area contributed by atoms with Gasteiger partial charge in [0.25, 0.3) is 11.8 Å². The van der Waals surface area contributed by atoms with Crippen molar-refractivity contribution in [3.63, 3.8) is 0 Å². The van der Waals surface area contributed by atoms with Crippen LogP contribution in [0.2, 0.25) is 0 Å². The molecule has 0 bridgehead atoms. The Labute approximate surface area is 282 Å². The first kappa shape index (κ1) is 34.2. The van der Waals surface area contributed by atoms with Crippen LogP contribution >= 0.6 is 11.3 Å². The van der Waals surface area contributed by atoms with Crippen LogP contribution in [0.3, 0.4) is 0 Å². The summed E-state index contributed by atoms with van der Waals surface area (Å²) in [7, 11) is 3.78. The first-order valence-electron chi connectivity index (χ1n) is 16.3. The Hall–Kier alpha value is -4.12. The molecule has 5 rings (SSSR count). The van der Waals surface area contributed by atoms with E-state index < -0.39 is 12.1 Å². The number of aromatic nitrogens is 2. The number of benzene rings is 2. The van der Waals surface area contributed by atoms with Gasteiger partial charge < -0.3 is 25.5 Å². The van der Waals surface area contributed by atoms with Crippen molar-refractivity contribution >= 4 is 28.8 Å². The molecule has 0 aliphatic carbocycles. The van der Waals surface area contributed by atoms with Crippen molar-refractivity contribution < 1.29 is 14.7 Å². The maximum atomic E-state index is 14.0. The summed E-state index contributed by atoms with van der Waals surface area (Å²) in [6.07, 6.45) is 5.05. The van der Waals surface area contributed by atoms with Crippen molar-refractivity contribution in [2.45, 2.75) is 70.7 Å². The maximum absolute atomic E-state index is 14.0. The second kappa shape index (κ2) is 15.6. The number of anilines is 1. The van der Waals surface area contributed by atoms with Crippen LogP contribution in [0.25, 0.3) is 0 Å². The third kappa shape index (κ3) is 8.82. The van der Waals surface area contributed by atoms with Crippen molar-refractivity contribution in [1.82, 2.24) is 25.5 Å². The Bertz CT molecular complexity index is 1660. The minimum Gasteiger partial charge on any atom is -0.390 e. The van der Waals surface area contributed by atoms with E-state index in [1.165, 1.54) is 0 Å². The van der Waals surface area contributed by atoms with Gasteiger partial charge in [-0.2, -0.15) is 0 Å². The van der Waals surface area contributed by atoms with Crippen molar-refractivity contribution in [1.29, 1.82) is 0 Å². The van der Waals surface area contributed by atoms with Crippen LogP contribution < -0.4 is 15.5 Å². The summed E-state index contributed by atoms with van der Waals surface area (Å²) < 4.78 is 0. The predicted octanol–water partition coefficient (Wildman–Crippen LogP) is 5.51. The molecule has 9 nitrogen and oxygen atoms in total. The number of thiazole rings is 1. The molecular formula is C37H46N6O3S. The van der Waals surface area contributed by atoms with E-state index in [-0.39, 0.29) is 24.4 Å². The lowest BCUT2D eigenvalue weighted by atomic mass is 9.99. The molecule has 4 aromatic rings. The number of aliphatic hydroxyl groups excluding tert-OH is 1. The molecule has 1 saturated heterocycles. The molecule has 10 heteroatoms. The topological polar surface area (TPSA) is 111 Å². The standard InChI is InChI=1S/C37H46N6O3S/c1-24(2)30-14-27(19-38-21-30)20-39-22-34(44)32(15-26-10-7-6-8-11-26)41-35(45)28-16-29(18-31(17-28)42(4)5)37(46)43-13-9-12-33(43)36-40-25(3)23-47-36/h6-8,10-11,14,16-19,21,23-24,32-34,39,44H,9,12-13,15,20,22H2,1-5H3,(H,41,45). The van der Waals surface area contributed by atoms with Gasteiger partial charge >= 0.3 is 0 Å². The van der Waals surface area contributed by atoms with E-state index in [2.05, 4.69) is 40.5 Å². The van der Waals surface area contributed by atoms with E-state index in [0.717, 1.165) is 45.9 Å². The van der Waals surface area contributed by atoms with Gasteiger partial charge in [-0.1, -0.05) is 50.2 Å². The fourth-order valence-electron chi connectivity index (χ4n) is 5.91. The van der Waals surface area contributed by atoms with Gasteiger partial charge in [-0.05, 0) is 67.0 Å². The van der Waals surface area contributed by atoms with E-state index in [1.807, 2.05) is 85.0 Å². The molecular weight excluding hydrogens is 609 g/mol. The lowest BCUT2D eigenvalue weighted by Gasteiger charge is -2.26. The highest BCUT2D eigenvalue weighted by Crippen LogP contribution is 2.35. The quantitative estimate of drug-likeness (QED) is 0.175. The summed E-state index contributed by atoms with van der Waals surface area (Å²) >= 11 is 1.59. The number of nitrogens with zero attached hydrogens (tertiary/aromatic N) is 4. The minimum atomic E-state index is -0.870. The van der Waals surface area contributed by atoms with Gasteiger partial charge in [-0.3, -0.25) is 14.6 Å². The van der Waals surface area contributed by atoms with Gasteiger partial charge in [0.15, 0.2) is 0 Å². The Morgan fingerprint density at radius 2 is 1.83 bits per heavy atom. The third-order valence-electron chi connectivity index (χ3n) is 8.62. The van der Waals surface area contributed by atoms with E-state index in [1.54, 1.807) is 23.5 Å². The molecule has 248 valence electrons. The van der Waals surface area contributed by atoms with Gasteiger partial charge in [0.05, 0.1) is 18.2 Å². The summed E-state index contributed by atoms with van der Waals surface area (Å²) in [4.78, 5) is 40.7. The Morgan fingerprint density at radius 1 is 1.06 bits per heavy atom. The molecule has 3 N–H and O–H groups in total. The zero-order valence-electron chi connectivity index (χ0n) is 27.9. The molecule has 0 saturated carbocycles. The average molecular weight is 655 g/mol. The van der Waals surface area contributed by atoms with Crippen LogP contribution in [0, 0.1) is 6.92 Å². The number of amides is 2. The number of rotatable bonds is 13. The summed E-state index contributed by atoms with van der Waals surface area (Å²) in [5, 5.41) is 20.8. The first-order chi connectivity index (χ1) is 22.6. The molecule has 1 aliphatic heterocycles. The summed E-state index contributed by atoms with van der Waals surface area (Å²) in [6, 6.07) is 16.6. The third-order valence-corrected chi connectivity index (χ3v) is 9.69. The largest absolute Gasteiger partial charge is 0.390 e. The second-order valence-corrected chi connectivity index (χ2v) is 13.8. The zero-order chi connectivity index (χ0) is 33.5. The van der Waals surface area contributed by atoms with Crippen molar-refractivity contribution in [2.24, 2.45) is 0 Å². The maximum Gasteiger partial charge on any atom is 0.254 e. The van der Waals surface area contributed by atoms with Crippen LogP contribution in [0.1, 0.15) is 86.8 Å². The fourth-order valence-corrected chi connectivity index (χ4v) is 6.85. The second-order valence-electron chi connectivity index (χ2n) is 12.9. The lowest BCUT2D eigenvalue weighted by molar-refractivity contribution is 0.0735. The number of likely N-dealkylation sites (tertiary alicyclic amines) is 1. The Kier molecular flexibility index (Phi) is 11.4. The molecule has 1 fully saturated rings. The van der Waals surface area contributed by atoms with E-state index >= 15 is 0 Å². The van der Waals surface area contributed by atoms with Crippen LogP contribution in [0.4, 0.5) is 5.69 Å². The smallest absolute Gasteiger partial charge is 0.254 e. The Balaban J connectivity index is 1.34. The molecule has 3 heterocycles. The fraction of sp³-hybridized carbons (Fsp3) is 0.405. The molecule has 3 unspecified atom stereocenters. The van der Waals surface area contributed by atoms with Crippen LogP contribution in [-0.4, -0.2) is 71.1 Å². The predicted molar refractivity (Wildman–Crippen MR) is 188 cm³/mol. The van der Waals surface area contributed by atoms with Crippen molar-refractivity contribution in [3.05, 3.63) is 111 Å². The molecule has 1 aliphatic rings. The number of carbonyl (C=O) groups excluding carboxylic acids is 2. The number of aliphatic hydroxyl groups is 1. The van der Waals surface area contributed by atoms with E-state index in [0.29, 0.717) is 36.6 Å². The molecule has 3 atom stereocenters. The van der Waals surface area contributed by atoms with Crippen molar-refractivity contribution in [3.8, 4) is 0 Å². The monoisotopic (exact) mass is 654 g/mol. The summed E-state index contributed by atoms with van der Waals surface area (Å²) in [5.74, 6) is -0.0800. The summed E-state index contributed by atoms with van der Waals surface area (Å²) in [6.45, 7) is 7.70. The number of hydrogen-bond donors (Lipinski definition) is 3. The number of aryl methyl sites for hydroxylation is 1. The highest BCUT2D eigenvalue weighted by atomic mass is 32.1. The van der Waals surface area contributed by atoms with Gasteiger partial charge in [0, 0.05) is 74.0 Å². The summed E-state index contributed by atoms with van der Waals surface area (Å²) in [5.41, 5.74) is 5.74. The molecule has 47 heavy (non-hydrogen) atoms. The van der Waals surface area contributed by atoms with E-state index in [9.17, 15) is 14.7 Å².